The van der Waals surface area contributed by atoms with Crippen LogP contribution in [0.5, 0.6) is 5.75 Å². The highest BCUT2D eigenvalue weighted by Crippen LogP contribution is 2.16. The van der Waals surface area contributed by atoms with Gasteiger partial charge in [0, 0.05) is 10.0 Å². The molecule has 5 nitrogen and oxygen atoms in total. The Labute approximate surface area is 142 Å². The molecule has 0 saturated carbocycles. The molecule has 1 N–H and O–H groups in total. The normalized spacial score (nSPS) is 10.7. The Balaban J connectivity index is 1.88. The molecule has 0 aliphatic heterocycles. The van der Waals surface area contributed by atoms with Crippen molar-refractivity contribution < 1.29 is 9.53 Å². The number of nitriles is 1. The van der Waals surface area contributed by atoms with Crippen molar-refractivity contribution in [2.75, 3.05) is 6.61 Å². The van der Waals surface area contributed by atoms with Crippen LogP contribution in [0.15, 0.2) is 58.1 Å². The first kappa shape index (κ1) is 16.7. The van der Waals surface area contributed by atoms with Gasteiger partial charge in [-0.2, -0.15) is 10.4 Å². The number of carbonyl (C=O) groups excluding carboxylic acids is 1. The van der Waals surface area contributed by atoms with Crippen LogP contribution in [0, 0.1) is 11.3 Å². The molecule has 23 heavy (non-hydrogen) atoms. The first-order chi connectivity index (χ1) is 11.1. The highest BCUT2D eigenvalue weighted by molar-refractivity contribution is 9.10. The number of benzene rings is 2. The average molecular weight is 372 g/mol. The predicted molar refractivity (Wildman–Crippen MR) is 91.1 cm³/mol. The number of carbonyl (C=O) groups is 1. The van der Waals surface area contributed by atoms with Crippen molar-refractivity contribution in [1.29, 1.82) is 5.26 Å². The highest BCUT2D eigenvalue weighted by Gasteiger charge is 2.05. The van der Waals surface area contributed by atoms with Gasteiger partial charge in [0.15, 0.2) is 6.61 Å². The molecule has 0 aromatic heterocycles. The van der Waals surface area contributed by atoms with Gasteiger partial charge < -0.3 is 4.74 Å². The van der Waals surface area contributed by atoms with Crippen LogP contribution < -0.4 is 10.2 Å². The second-order valence-electron chi connectivity index (χ2n) is 4.64. The number of nitrogens with one attached hydrogen (secondary N) is 1. The Morgan fingerprint density at radius 2 is 1.96 bits per heavy atom. The molecule has 0 heterocycles. The fourth-order valence-corrected chi connectivity index (χ4v) is 2.34. The summed E-state index contributed by atoms with van der Waals surface area (Å²) in [7, 11) is 0. The average Bonchev–Trinajstić information content (AvgIpc) is 2.58. The first-order valence-corrected chi connectivity index (χ1v) is 7.60. The Morgan fingerprint density at radius 1 is 1.26 bits per heavy atom. The molecule has 0 saturated heterocycles. The standard InChI is InChI=1S/C17H14BrN3O2/c1-12(15-4-2-3-5-16(15)18)20-21-17(22)11-23-14-8-6-13(10-19)7-9-14/h2-9H,11H2,1H3,(H,21,22)/b20-12+. The molecule has 2 rings (SSSR count). The molecule has 0 unspecified atom stereocenters. The molecule has 1 amide bonds. The number of halogens is 1. The van der Waals surface area contributed by atoms with Gasteiger partial charge in [-0.3, -0.25) is 4.79 Å². The lowest BCUT2D eigenvalue weighted by molar-refractivity contribution is -0.123. The zero-order valence-electron chi connectivity index (χ0n) is 12.4. The summed E-state index contributed by atoms with van der Waals surface area (Å²) in [5.41, 5.74) is 4.58. The van der Waals surface area contributed by atoms with Gasteiger partial charge in [0.25, 0.3) is 5.91 Å². The van der Waals surface area contributed by atoms with E-state index in [9.17, 15) is 4.79 Å². The summed E-state index contributed by atoms with van der Waals surface area (Å²) < 4.78 is 6.24. The summed E-state index contributed by atoms with van der Waals surface area (Å²) >= 11 is 3.44. The molecule has 6 heteroatoms. The van der Waals surface area contributed by atoms with E-state index in [0.29, 0.717) is 17.0 Å². The van der Waals surface area contributed by atoms with Crippen molar-refractivity contribution in [2.24, 2.45) is 5.10 Å². The van der Waals surface area contributed by atoms with Crippen molar-refractivity contribution in [3.8, 4) is 11.8 Å². The lowest BCUT2D eigenvalue weighted by atomic mass is 10.1. The summed E-state index contributed by atoms with van der Waals surface area (Å²) in [6.45, 7) is 1.65. The van der Waals surface area contributed by atoms with Crippen molar-refractivity contribution in [3.63, 3.8) is 0 Å². The Morgan fingerprint density at radius 3 is 2.61 bits per heavy atom. The van der Waals surface area contributed by atoms with Gasteiger partial charge >= 0.3 is 0 Å². The molecule has 0 fully saturated rings. The number of hydrogen-bond donors (Lipinski definition) is 1. The minimum absolute atomic E-state index is 0.154. The zero-order chi connectivity index (χ0) is 16.7. The fraction of sp³-hybridized carbons (Fsp3) is 0.118. The number of rotatable bonds is 5. The van der Waals surface area contributed by atoms with Gasteiger partial charge in [0.05, 0.1) is 17.3 Å². The topological polar surface area (TPSA) is 74.5 Å². The van der Waals surface area contributed by atoms with Crippen LogP contribution in [-0.2, 0) is 4.79 Å². The van der Waals surface area contributed by atoms with Gasteiger partial charge in [-0.25, -0.2) is 5.43 Å². The minimum Gasteiger partial charge on any atom is -0.484 e. The fourth-order valence-electron chi connectivity index (χ4n) is 1.77. The third-order valence-electron chi connectivity index (χ3n) is 2.97. The molecular weight excluding hydrogens is 358 g/mol. The first-order valence-electron chi connectivity index (χ1n) is 6.81. The van der Waals surface area contributed by atoms with Crippen LogP contribution in [0.4, 0.5) is 0 Å². The third-order valence-corrected chi connectivity index (χ3v) is 3.66. The molecule has 0 radical (unpaired) electrons. The Bertz CT molecular complexity index is 764. The van der Waals surface area contributed by atoms with Crippen LogP contribution in [0.25, 0.3) is 0 Å². The molecule has 2 aromatic carbocycles. The third kappa shape index (κ3) is 4.94. The summed E-state index contributed by atoms with van der Waals surface area (Å²) in [5, 5.41) is 12.8. The van der Waals surface area contributed by atoms with Crippen LogP contribution in [0.1, 0.15) is 18.1 Å². The molecule has 2 aromatic rings. The zero-order valence-corrected chi connectivity index (χ0v) is 14.0. The number of amides is 1. The predicted octanol–water partition coefficient (Wildman–Crippen LogP) is 3.24. The number of hydrazone groups is 1. The Kier molecular flexibility index (Phi) is 5.89. The van der Waals surface area contributed by atoms with E-state index in [-0.39, 0.29) is 12.5 Å². The van der Waals surface area contributed by atoms with E-state index >= 15 is 0 Å². The largest absolute Gasteiger partial charge is 0.484 e. The van der Waals surface area contributed by atoms with Crippen molar-refractivity contribution in [3.05, 3.63) is 64.1 Å². The highest BCUT2D eigenvalue weighted by atomic mass is 79.9. The maximum absolute atomic E-state index is 11.8. The monoisotopic (exact) mass is 371 g/mol. The molecule has 0 aliphatic carbocycles. The van der Waals surface area contributed by atoms with E-state index in [1.807, 2.05) is 37.3 Å². The van der Waals surface area contributed by atoms with E-state index in [1.54, 1.807) is 24.3 Å². The molecule has 0 bridgehead atoms. The van der Waals surface area contributed by atoms with Crippen molar-refractivity contribution >= 4 is 27.5 Å². The second kappa shape index (κ2) is 8.11. The maximum atomic E-state index is 11.8. The molecule has 0 atom stereocenters. The number of ether oxygens (including phenoxy) is 1. The van der Waals surface area contributed by atoms with E-state index in [0.717, 1.165) is 10.0 Å². The van der Waals surface area contributed by atoms with Gasteiger partial charge in [-0.05, 0) is 37.3 Å². The van der Waals surface area contributed by atoms with Gasteiger partial charge in [-0.15, -0.1) is 0 Å². The summed E-state index contributed by atoms with van der Waals surface area (Å²) in [4.78, 5) is 11.8. The van der Waals surface area contributed by atoms with Crippen molar-refractivity contribution in [1.82, 2.24) is 5.43 Å². The van der Waals surface area contributed by atoms with Gasteiger partial charge in [-0.1, -0.05) is 34.1 Å². The van der Waals surface area contributed by atoms with Gasteiger partial charge in [0.2, 0.25) is 0 Å². The molecule has 116 valence electrons. The number of hydrogen-bond acceptors (Lipinski definition) is 4. The van der Waals surface area contributed by atoms with Crippen LogP contribution in [0.3, 0.4) is 0 Å². The quantitative estimate of drug-likeness (QED) is 0.647. The summed E-state index contributed by atoms with van der Waals surface area (Å²) in [5.74, 6) is 0.159. The minimum atomic E-state index is -0.360. The van der Waals surface area contributed by atoms with E-state index < -0.39 is 0 Å². The van der Waals surface area contributed by atoms with Crippen molar-refractivity contribution in [2.45, 2.75) is 6.92 Å². The van der Waals surface area contributed by atoms with Crippen LogP contribution in [-0.4, -0.2) is 18.2 Å². The maximum Gasteiger partial charge on any atom is 0.277 e. The van der Waals surface area contributed by atoms with E-state index in [4.69, 9.17) is 10.00 Å². The van der Waals surface area contributed by atoms with E-state index in [2.05, 4.69) is 26.5 Å². The van der Waals surface area contributed by atoms with Crippen LogP contribution in [0.2, 0.25) is 0 Å². The molecule has 0 spiro atoms. The SMILES string of the molecule is C/C(=N\NC(=O)COc1ccc(C#N)cc1)c1ccccc1Br. The summed E-state index contributed by atoms with van der Waals surface area (Å²) in [6, 6.07) is 16.2. The van der Waals surface area contributed by atoms with E-state index in [1.165, 1.54) is 0 Å². The Hall–Kier alpha value is -2.65. The summed E-state index contributed by atoms with van der Waals surface area (Å²) in [6.07, 6.45) is 0. The molecule has 0 aliphatic rings. The molecular formula is C17H14BrN3O2. The van der Waals surface area contributed by atoms with Gasteiger partial charge in [0.1, 0.15) is 5.75 Å². The lowest BCUT2D eigenvalue weighted by Crippen LogP contribution is -2.25. The number of nitrogens with zero attached hydrogens (tertiary/aromatic N) is 2. The van der Waals surface area contributed by atoms with Crippen LogP contribution >= 0.6 is 15.9 Å². The second-order valence-corrected chi connectivity index (χ2v) is 5.49. The lowest BCUT2D eigenvalue weighted by Gasteiger charge is -2.06. The smallest absolute Gasteiger partial charge is 0.277 e.